The Kier molecular flexibility index (Phi) is 6.76. The molecule has 36 heavy (non-hydrogen) atoms. The van der Waals surface area contributed by atoms with Gasteiger partial charge in [0.05, 0.1) is 25.0 Å². The predicted octanol–water partition coefficient (Wildman–Crippen LogP) is 6.64. The Morgan fingerprint density at radius 3 is 2.33 bits per heavy atom. The van der Waals surface area contributed by atoms with Crippen LogP contribution in [-0.4, -0.2) is 42.9 Å². The van der Waals surface area contributed by atoms with E-state index in [-0.39, 0.29) is 17.1 Å². The maximum Gasteiger partial charge on any atom is 0.209 e. The van der Waals surface area contributed by atoms with Crippen molar-refractivity contribution in [1.82, 2.24) is 0 Å². The first-order valence-corrected chi connectivity index (χ1v) is 13.3. The van der Waals surface area contributed by atoms with E-state index in [1.54, 1.807) is 0 Å². The number of fused-ring (bicyclic) bond motifs is 2. The molecule has 0 N–H and O–H groups in total. The third kappa shape index (κ3) is 4.27. The van der Waals surface area contributed by atoms with Crippen LogP contribution in [0.1, 0.15) is 52.2 Å². The zero-order chi connectivity index (χ0) is 25.3. The van der Waals surface area contributed by atoms with Crippen LogP contribution in [-0.2, 0) is 20.3 Å². The molecule has 3 aliphatic rings. The van der Waals surface area contributed by atoms with Crippen molar-refractivity contribution in [2.24, 2.45) is 0 Å². The normalized spacial score (nSPS) is 21.9. The molecular weight excluding hydrogens is 444 g/mol. The Hall–Kier alpha value is -2.95. The second kappa shape index (κ2) is 9.84. The first-order valence-electron chi connectivity index (χ1n) is 13.3. The SMILES string of the molecule is CCN1/C(=C/C=C/C=C/C2=[N+](CCC3OCCO3)c3ccccc3C2(C)C)C(C)(C)c2ccccc21. The largest absolute Gasteiger partial charge is 0.350 e. The molecule has 4 heteroatoms. The lowest BCUT2D eigenvalue weighted by Gasteiger charge is -2.25. The molecule has 0 amide bonds. The summed E-state index contributed by atoms with van der Waals surface area (Å²) < 4.78 is 13.9. The van der Waals surface area contributed by atoms with Gasteiger partial charge in [0.25, 0.3) is 0 Å². The Morgan fingerprint density at radius 1 is 0.889 bits per heavy atom. The Morgan fingerprint density at radius 2 is 1.58 bits per heavy atom. The molecule has 0 aromatic heterocycles. The molecule has 3 heterocycles. The Labute approximate surface area is 216 Å². The lowest BCUT2D eigenvalue weighted by Crippen LogP contribution is -2.28. The van der Waals surface area contributed by atoms with Gasteiger partial charge in [-0.15, -0.1) is 0 Å². The van der Waals surface area contributed by atoms with Crippen LogP contribution in [0, 0.1) is 0 Å². The summed E-state index contributed by atoms with van der Waals surface area (Å²) in [5.74, 6) is 0. The summed E-state index contributed by atoms with van der Waals surface area (Å²) >= 11 is 0. The zero-order valence-electron chi connectivity index (χ0n) is 22.3. The van der Waals surface area contributed by atoms with Gasteiger partial charge < -0.3 is 14.4 Å². The van der Waals surface area contributed by atoms with Crippen LogP contribution in [0.25, 0.3) is 0 Å². The van der Waals surface area contributed by atoms with Gasteiger partial charge in [0, 0.05) is 41.1 Å². The highest BCUT2D eigenvalue weighted by Gasteiger charge is 2.44. The van der Waals surface area contributed by atoms with Crippen molar-refractivity contribution in [3.63, 3.8) is 0 Å². The summed E-state index contributed by atoms with van der Waals surface area (Å²) in [5, 5.41) is 0. The van der Waals surface area contributed by atoms with Crippen LogP contribution in [0.5, 0.6) is 0 Å². The number of hydrogen-bond donors (Lipinski definition) is 0. The van der Waals surface area contributed by atoms with E-state index < -0.39 is 0 Å². The van der Waals surface area contributed by atoms with Crippen LogP contribution in [0.4, 0.5) is 11.4 Å². The second-order valence-electron chi connectivity index (χ2n) is 10.8. The minimum Gasteiger partial charge on any atom is -0.350 e. The summed E-state index contributed by atoms with van der Waals surface area (Å²) in [6, 6.07) is 17.5. The van der Waals surface area contributed by atoms with E-state index in [0.717, 1.165) is 19.5 Å². The molecule has 2 aromatic rings. The average molecular weight is 484 g/mol. The van der Waals surface area contributed by atoms with Crippen LogP contribution < -0.4 is 4.90 Å². The quantitative estimate of drug-likeness (QED) is 0.326. The van der Waals surface area contributed by atoms with E-state index >= 15 is 0 Å². The molecule has 0 atom stereocenters. The van der Waals surface area contributed by atoms with Gasteiger partial charge in [0.1, 0.15) is 0 Å². The number of allylic oxidation sites excluding steroid dienone is 6. The average Bonchev–Trinajstić information content (AvgIpc) is 3.52. The summed E-state index contributed by atoms with van der Waals surface area (Å²) in [7, 11) is 0. The third-order valence-corrected chi connectivity index (χ3v) is 7.92. The smallest absolute Gasteiger partial charge is 0.209 e. The van der Waals surface area contributed by atoms with E-state index in [2.05, 4.69) is 123 Å². The van der Waals surface area contributed by atoms with E-state index in [4.69, 9.17) is 9.47 Å². The highest BCUT2D eigenvalue weighted by Crippen LogP contribution is 2.47. The van der Waals surface area contributed by atoms with Gasteiger partial charge in [-0.3, -0.25) is 0 Å². The highest BCUT2D eigenvalue weighted by atomic mass is 16.7. The minimum atomic E-state index is -0.0991. The van der Waals surface area contributed by atoms with Gasteiger partial charge in [0.2, 0.25) is 5.69 Å². The molecule has 0 spiro atoms. The molecule has 0 radical (unpaired) electrons. The van der Waals surface area contributed by atoms with Crippen LogP contribution in [0.15, 0.2) is 84.6 Å². The topological polar surface area (TPSA) is 24.7 Å². The van der Waals surface area contributed by atoms with Crippen molar-refractivity contribution in [1.29, 1.82) is 0 Å². The number of para-hydroxylation sites is 2. The fraction of sp³-hybridized carbons (Fsp3) is 0.406. The Balaban J connectivity index is 1.40. The molecule has 188 valence electrons. The monoisotopic (exact) mass is 483 g/mol. The third-order valence-electron chi connectivity index (χ3n) is 7.92. The maximum absolute atomic E-state index is 5.71. The number of nitrogens with zero attached hydrogens (tertiary/aromatic N) is 2. The number of anilines is 1. The molecule has 0 saturated carbocycles. The summed E-state index contributed by atoms with van der Waals surface area (Å²) in [6.07, 6.45) is 11.8. The van der Waals surface area contributed by atoms with Crippen molar-refractivity contribution in [3.8, 4) is 0 Å². The van der Waals surface area contributed by atoms with Crippen LogP contribution in [0.3, 0.4) is 0 Å². The fourth-order valence-corrected chi connectivity index (χ4v) is 6.03. The first-order chi connectivity index (χ1) is 17.4. The van der Waals surface area contributed by atoms with Gasteiger partial charge in [0.15, 0.2) is 18.5 Å². The fourth-order valence-electron chi connectivity index (χ4n) is 6.03. The van der Waals surface area contributed by atoms with Gasteiger partial charge in [-0.05, 0) is 38.5 Å². The molecule has 3 aliphatic heterocycles. The number of likely N-dealkylation sites (N-methyl/N-ethyl adjacent to an activating group) is 1. The highest BCUT2D eigenvalue weighted by molar-refractivity contribution is 6.03. The lowest BCUT2D eigenvalue weighted by atomic mass is 9.81. The van der Waals surface area contributed by atoms with Crippen molar-refractivity contribution in [2.45, 2.75) is 58.2 Å². The summed E-state index contributed by atoms with van der Waals surface area (Å²) in [5.41, 5.74) is 7.96. The molecule has 4 nitrogen and oxygen atoms in total. The molecule has 1 fully saturated rings. The van der Waals surface area contributed by atoms with Gasteiger partial charge in [-0.2, -0.15) is 4.58 Å². The number of benzene rings is 2. The summed E-state index contributed by atoms with van der Waals surface area (Å²) in [6.45, 7) is 14.7. The summed E-state index contributed by atoms with van der Waals surface area (Å²) in [4.78, 5) is 2.43. The molecular formula is C32H39N2O2+. The van der Waals surface area contributed by atoms with E-state index in [0.29, 0.717) is 13.2 Å². The number of ether oxygens (including phenoxy) is 2. The van der Waals surface area contributed by atoms with Gasteiger partial charge in [-0.1, -0.05) is 68.5 Å². The number of hydrogen-bond acceptors (Lipinski definition) is 3. The number of rotatable bonds is 7. The zero-order valence-corrected chi connectivity index (χ0v) is 22.3. The molecule has 2 aromatic carbocycles. The Bertz CT molecular complexity index is 1240. The van der Waals surface area contributed by atoms with Crippen LogP contribution in [0.2, 0.25) is 0 Å². The predicted molar refractivity (Wildman–Crippen MR) is 148 cm³/mol. The molecule has 1 saturated heterocycles. The van der Waals surface area contributed by atoms with E-state index in [1.807, 2.05) is 0 Å². The lowest BCUT2D eigenvalue weighted by molar-refractivity contribution is -0.442. The van der Waals surface area contributed by atoms with E-state index in [9.17, 15) is 0 Å². The van der Waals surface area contributed by atoms with Crippen molar-refractivity contribution in [3.05, 3.63) is 95.7 Å². The molecule has 0 bridgehead atoms. The van der Waals surface area contributed by atoms with Gasteiger partial charge >= 0.3 is 0 Å². The standard InChI is InChI=1S/C32H39N2O2/c1-6-33-26-16-12-10-14-24(26)31(2,3)28(33)18-8-7-9-19-29-32(4,5)25-15-11-13-17-27(25)34(29)21-20-30-35-22-23-36-30/h7-19,30H,6,20-23H2,1-5H3/q+1. The maximum atomic E-state index is 5.71. The first kappa shape index (κ1) is 24.7. The minimum absolute atomic E-state index is 0.00826. The second-order valence-corrected chi connectivity index (χ2v) is 10.8. The van der Waals surface area contributed by atoms with Crippen LogP contribution >= 0.6 is 0 Å². The van der Waals surface area contributed by atoms with Gasteiger partial charge in [-0.25, -0.2) is 0 Å². The van der Waals surface area contributed by atoms with E-state index in [1.165, 1.54) is 33.9 Å². The molecule has 5 rings (SSSR count). The van der Waals surface area contributed by atoms with Crippen molar-refractivity contribution < 1.29 is 14.0 Å². The van der Waals surface area contributed by atoms with Crippen molar-refractivity contribution in [2.75, 3.05) is 31.2 Å². The van der Waals surface area contributed by atoms with Crippen molar-refractivity contribution >= 4 is 17.1 Å². The molecule has 0 unspecified atom stereocenters. The molecule has 0 aliphatic carbocycles.